The van der Waals surface area contributed by atoms with Crippen LogP contribution in [0, 0.1) is 12.3 Å². The highest BCUT2D eigenvalue weighted by atomic mass is 32.1. The van der Waals surface area contributed by atoms with Crippen molar-refractivity contribution in [1.82, 2.24) is 10.3 Å². The van der Waals surface area contributed by atoms with E-state index in [1.807, 2.05) is 18.2 Å². The van der Waals surface area contributed by atoms with Crippen LogP contribution in [0.5, 0.6) is 0 Å². The number of aromatic nitrogens is 1. The molecule has 1 atom stereocenters. The lowest BCUT2D eigenvalue weighted by Crippen LogP contribution is -2.19. The van der Waals surface area contributed by atoms with Gasteiger partial charge >= 0.3 is 0 Å². The number of nitrogens with zero attached hydrogens (tertiary/aromatic N) is 1. The van der Waals surface area contributed by atoms with Crippen LogP contribution in [0.3, 0.4) is 0 Å². The van der Waals surface area contributed by atoms with Crippen LogP contribution in [0.25, 0.3) is 10.2 Å². The van der Waals surface area contributed by atoms with E-state index < -0.39 is 0 Å². The number of para-hydroxylation sites is 1. The first-order chi connectivity index (χ1) is 7.81. The average Bonchev–Trinajstić information content (AvgIpc) is 2.73. The van der Waals surface area contributed by atoms with Crippen molar-refractivity contribution in [2.75, 3.05) is 6.54 Å². The minimum atomic E-state index is 0.269. The van der Waals surface area contributed by atoms with Crippen LogP contribution < -0.4 is 5.32 Å². The molecule has 0 aliphatic carbocycles. The monoisotopic (exact) mass is 230 g/mol. The van der Waals surface area contributed by atoms with Gasteiger partial charge in [-0.3, -0.25) is 0 Å². The summed E-state index contributed by atoms with van der Waals surface area (Å²) in [5.74, 6) is 2.62. The number of hydrogen-bond donors (Lipinski definition) is 1. The normalized spacial score (nSPS) is 12.5. The molecule has 3 heteroatoms. The lowest BCUT2D eigenvalue weighted by atomic mass is 10.3. The van der Waals surface area contributed by atoms with Gasteiger partial charge in [0, 0.05) is 13.0 Å². The summed E-state index contributed by atoms with van der Waals surface area (Å²) in [6.07, 6.45) is 5.97. The van der Waals surface area contributed by atoms with Gasteiger partial charge in [0.05, 0.1) is 16.3 Å². The zero-order valence-corrected chi connectivity index (χ0v) is 10.1. The molecular weight excluding hydrogens is 216 g/mol. The molecule has 0 radical (unpaired) electrons. The summed E-state index contributed by atoms with van der Waals surface area (Å²) in [6, 6.07) is 8.47. The Balaban J connectivity index is 2.11. The minimum absolute atomic E-state index is 0.269. The van der Waals surface area contributed by atoms with Crippen LogP contribution in [0.4, 0.5) is 0 Å². The lowest BCUT2D eigenvalue weighted by Gasteiger charge is -2.08. The van der Waals surface area contributed by atoms with E-state index in [1.165, 1.54) is 4.70 Å². The van der Waals surface area contributed by atoms with Crippen molar-refractivity contribution in [3.8, 4) is 12.3 Å². The van der Waals surface area contributed by atoms with Gasteiger partial charge < -0.3 is 5.32 Å². The molecule has 0 saturated carbocycles. The van der Waals surface area contributed by atoms with Crippen molar-refractivity contribution in [3.05, 3.63) is 29.3 Å². The van der Waals surface area contributed by atoms with E-state index >= 15 is 0 Å². The Labute approximate surface area is 99.7 Å². The maximum absolute atomic E-state index is 5.21. The highest BCUT2D eigenvalue weighted by Crippen LogP contribution is 2.25. The van der Waals surface area contributed by atoms with Gasteiger partial charge in [-0.15, -0.1) is 23.7 Å². The number of rotatable bonds is 4. The van der Waals surface area contributed by atoms with Gasteiger partial charge in [0.2, 0.25) is 0 Å². The van der Waals surface area contributed by atoms with Gasteiger partial charge in [-0.1, -0.05) is 12.1 Å². The maximum atomic E-state index is 5.21. The summed E-state index contributed by atoms with van der Waals surface area (Å²) in [6.45, 7) is 2.96. The number of terminal acetylenes is 1. The third-order valence-electron chi connectivity index (χ3n) is 2.40. The topological polar surface area (TPSA) is 24.9 Å². The Kier molecular flexibility index (Phi) is 3.55. The Hall–Kier alpha value is -1.37. The second-order valence-corrected chi connectivity index (χ2v) is 4.71. The molecule has 1 heterocycles. The van der Waals surface area contributed by atoms with E-state index in [1.54, 1.807) is 11.3 Å². The highest BCUT2D eigenvalue weighted by Gasteiger charge is 2.09. The first-order valence-corrected chi connectivity index (χ1v) is 6.15. The first-order valence-electron chi connectivity index (χ1n) is 5.33. The highest BCUT2D eigenvalue weighted by molar-refractivity contribution is 7.18. The predicted molar refractivity (Wildman–Crippen MR) is 69.5 cm³/mol. The number of hydrogen-bond acceptors (Lipinski definition) is 3. The van der Waals surface area contributed by atoms with E-state index in [0.29, 0.717) is 0 Å². The predicted octanol–water partition coefficient (Wildman–Crippen LogP) is 2.97. The molecule has 0 aliphatic rings. The molecule has 0 amide bonds. The van der Waals surface area contributed by atoms with Crippen LogP contribution >= 0.6 is 11.3 Å². The summed E-state index contributed by atoms with van der Waals surface area (Å²) in [4.78, 5) is 4.60. The van der Waals surface area contributed by atoms with Gasteiger partial charge in [0.15, 0.2) is 0 Å². The molecule has 16 heavy (non-hydrogen) atoms. The van der Waals surface area contributed by atoms with Gasteiger partial charge in [-0.25, -0.2) is 4.98 Å². The maximum Gasteiger partial charge on any atom is 0.111 e. The SMILES string of the molecule is C#CCCNC(C)c1nc2ccccc2s1. The molecule has 0 fully saturated rings. The Bertz CT molecular complexity index is 477. The molecular formula is C13H14N2S. The summed E-state index contributed by atoms with van der Waals surface area (Å²) in [5, 5.41) is 4.49. The van der Waals surface area contributed by atoms with E-state index in [2.05, 4.69) is 29.2 Å². The minimum Gasteiger partial charge on any atom is -0.307 e. The van der Waals surface area contributed by atoms with Crippen LogP contribution in [-0.4, -0.2) is 11.5 Å². The van der Waals surface area contributed by atoms with Gasteiger partial charge in [0.1, 0.15) is 5.01 Å². The van der Waals surface area contributed by atoms with Crippen LogP contribution in [0.15, 0.2) is 24.3 Å². The molecule has 1 aromatic carbocycles. The molecule has 1 aromatic heterocycles. The molecule has 0 spiro atoms. The molecule has 0 saturated heterocycles. The van der Waals surface area contributed by atoms with Crippen LogP contribution in [0.2, 0.25) is 0 Å². The summed E-state index contributed by atoms with van der Waals surface area (Å²) in [5.41, 5.74) is 1.08. The van der Waals surface area contributed by atoms with E-state index in [4.69, 9.17) is 6.42 Å². The Morgan fingerprint density at radius 3 is 3.06 bits per heavy atom. The fraction of sp³-hybridized carbons (Fsp3) is 0.308. The molecule has 2 rings (SSSR count). The zero-order chi connectivity index (χ0) is 11.4. The van der Waals surface area contributed by atoms with Crippen molar-refractivity contribution in [3.63, 3.8) is 0 Å². The summed E-state index contributed by atoms with van der Waals surface area (Å²) < 4.78 is 1.24. The quantitative estimate of drug-likeness (QED) is 0.645. The van der Waals surface area contributed by atoms with Crippen molar-refractivity contribution in [2.24, 2.45) is 0 Å². The van der Waals surface area contributed by atoms with Crippen molar-refractivity contribution in [2.45, 2.75) is 19.4 Å². The average molecular weight is 230 g/mol. The molecule has 82 valence electrons. The molecule has 0 aliphatic heterocycles. The second-order valence-electron chi connectivity index (χ2n) is 3.65. The van der Waals surface area contributed by atoms with Gasteiger partial charge in [-0.05, 0) is 19.1 Å². The van der Waals surface area contributed by atoms with E-state index in [9.17, 15) is 0 Å². The van der Waals surface area contributed by atoms with E-state index in [-0.39, 0.29) is 6.04 Å². The van der Waals surface area contributed by atoms with Crippen LogP contribution in [-0.2, 0) is 0 Å². The van der Waals surface area contributed by atoms with Crippen LogP contribution in [0.1, 0.15) is 24.4 Å². The molecule has 2 aromatic rings. The lowest BCUT2D eigenvalue weighted by molar-refractivity contribution is 0.582. The van der Waals surface area contributed by atoms with Crippen molar-refractivity contribution < 1.29 is 0 Å². The second kappa shape index (κ2) is 5.11. The molecule has 0 bridgehead atoms. The molecule has 1 unspecified atom stereocenters. The van der Waals surface area contributed by atoms with Gasteiger partial charge in [0.25, 0.3) is 0 Å². The van der Waals surface area contributed by atoms with Crippen molar-refractivity contribution >= 4 is 21.6 Å². The first kappa shape index (κ1) is 11.1. The zero-order valence-electron chi connectivity index (χ0n) is 9.23. The summed E-state index contributed by atoms with van der Waals surface area (Å²) in [7, 11) is 0. The fourth-order valence-electron chi connectivity index (χ4n) is 1.52. The number of nitrogens with one attached hydrogen (secondary N) is 1. The number of fused-ring (bicyclic) bond motifs is 1. The third-order valence-corrected chi connectivity index (χ3v) is 3.62. The smallest absolute Gasteiger partial charge is 0.111 e. The van der Waals surface area contributed by atoms with Crippen molar-refractivity contribution in [1.29, 1.82) is 0 Å². The summed E-state index contributed by atoms with van der Waals surface area (Å²) >= 11 is 1.74. The van der Waals surface area contributed by atoms with E-state index in [0.717, 1.165) is 23.5 Å². The largest absolute Gasteiger partial charge is 0.307 e. The molecule has 2 nitrogen and oxygen atoms in total. The Morgan fingerprint density at radius 2 is 2.31 bits per heavy atom. The number of benzene rings is 1. The molecule has 1 N–H and O–H groups in total. The third kappa shape index (κ3) is 2.41. The number of thiazole rings is 1. The fourth-order valence-corrected chi connectivity index (χ4v) is 2.52. The standard InChI is InChI=1S/C13H14N2S/c1-3-4-9-14-10(2)13-15-11-7-5-6-8-12(11)16-13/h1,5-8,10,14H,4,9H2,2H3. The van der Waals surface area contributed by atoms with Gasteiger partial charge in [-0.2, -0.15) is 0 Å². The Morgan fingerprint density at radius 1 is 1.50 bits per heavy atom.